The number of anilines is 1. The van der Waals surface area contributed by atoms with Crippen molar-refractivity contribution in [3.8, 4) is 0 Å². The number of aryl methyl sites for hydroxylation is 1. The van der Waals surface area contributed by atoms with E-state index in [2.05, 4.69) is 24.0 Å². The van der Waals surface area contributed by atoms with Crippen molar-refractivity contribution in [3.05, 3.63) is 29.7 Å². The molecule has 98 valence electrons. The maximum atomic E-state index is 10.1. The number of hydrogen-bond donors (Lipinski definition) is 2. The van der Waals surface area contributed by atoms with Crippen LogP contribution in [-0.2, 0) is 13.5 Å². The minimum absolute atomic E-state index is 0.319. The number of nitrogens with two attached hydrogens (primary N) is 1. The van der Waals surface area contributed by atoms with Crippen LogP contribution in [0.4, 0.5) is 5.82 Å². The average molecular weight is 249 g/mol. The van der Waals surface area contributed by atoms with E-state index in [1.165, 1.54) is 0 Å². The summed E-state index contributed by atoms with van der Waals surface area (Å²) in [6.45, 7) is 4.12. The normalized spacial score (nSPS) is 13.2. The predicted octanol–water partition coefficient (Wildman–Crippen LogP) is 1.06. The molecule has 1 unspecified atom stereocenters. The van der Waals surface area contributed by atoms with Gasteiger partial charge in [-0.1, -0.05) is 0 Å². The Bertz CT molecular complexity index is 528. The van der Waals surface area contributed by atoms with Crippen LogP contribution in [0.15, 0.2) is 18.5 Å². The van der Waals surface area contributed by atoms with Crippen molar-refractivity contribution in [1.82, 2.24) is 19.6 Å². The molecule has 2 aromatic rings. The van der Waals surface area contributed by atoms with Crippen molar-refractivity contribution in [2.24, 2.45) is 7.05 Å². The van der Waals surface area contributed by atoms with Crippen LogP contribution in [0.25, 0.3) is 0 Å². The summed E-state index contributed by atoms with van der Waals surface area (Å²) in [7, 11) is 1.75. The molecule has 0 aromatic carbocycles. The Labute approximate surface area is 106 Å². The van der Waals surface area contributed by atoms with Crippen molar-refractivity contribution in [2.75, 3.05) is 5.73 Å². The standard InChI is InChI=1S/C12H19N5O/c1-8(2)17-5-4-9(15-17)6-11(18)10-7-14-16(3)12(10)13/h4-5,7-8,11,18H,6,13H2,1-3H3. The van der Waals surface area contributed by atoms with E-state index < -0.39 is 6.10 Å². The Hall–Kier alpha value is -1.82. The third-order valence-electron chi connectivity index (χ3n) is 2.97. The summed E-state index contributed by atoms with van der Waals surface area (Å²) < 4.78 is 3.42. The molecule has 2 heterocycles. The summed E-state index contributed by atoms with van der Waals surface area (Å²) in [5.74, 6) is 0.491. The zero-order valence-corrected chi connectivity index (χ0v) is 10.9. The molecule has 0 aliphatic heterocycles. The molecule has 1 atom stereocenters. The van der Waals surface area contributed by atoms with E-state index in [0.29, 0.717) is 23.8 Å². The fraction of sp³-hybridized carbons (Fsp3) is 0.500. The molecule has 0 spiro atoms. The molecule has 0 saturated heterocycles. The van der Waals surface area contributed by atoms with Crippen molar-refractivity contribution in [3.63, 3.8) is 0 Å². The van der Waals surface area contributed by atoms with Gasteiger partial charge in [0.05, 0.1) is 18.0 Å². The quantitative estimate of drug-likeness (QED) is 0.848. The first-order valence-electron chi connectivity index (χ1n) is 5.98. The SMILES string of the molecule is CC(C)n1ccc(CC(O)c2cnn(C)c2N)n1. The second-order valence-electron chi connectivity index (χ2n) is 4.71. The van der Waals surface area contributed by atoms with E-state index in [4.69, 9.17) is 5.73 Å². The first-order valence-corrected chi connectivity index (χ1v) is 5.98. The molecule has 0 amide bonds. The van der Waals surface area contributed by atoms with E-state index >= 15 is 0 Å². The van der Waals surface area contributed by atoms with Gasteiger partial charge < -0.3 is 10.8 Å². The molecular formula is C12H19N5O. The Morgan fingerprint density at radius 1 is 1.44 bits per heavy atom. The maximum Gasteiger partial charge on any atom is 0.127 e. The van der Waals surface area contributed by atoms with Crippen LogP contribution < -0.4 is 5.73 Å². The average Bonchev–Trinajstić information content (AvgIpc) is 2.88. The lowest BCUT2D eigenvalue weighted by molar-refractivity contribution is 0.177. The highest BCUT2D eigenvalue weighted by atomic mass is 16.3. The van der Waals surface area contributed by atoms with Gasteiger partial charge >= 0.3 is 0 Å². The van der Waals surface area contributed by atoms with Crippen LogP contribution in [-0.4, -0.2) is 24.7 Å². The Morgan fingerprint density at radius 2 is 2.17 bits per heavy atom. The molecule has 2 rings (SSSR count). The summed E-state index contributed by atoms with van der Waals surface area (Å²) >= 11 is 0. The highest BCUT2D eigenvalue weighted by molar-refractivity contribution is 5.40. The van der Waals surface area contributed by atoms with Crippen LogP contribution in [0.1, 0.15) is 37.3 Å². The van der Waals surface area contributed by atoms with Gasteiger partial charge in [-0.25, -0.2) is 0 Å². The minimum Gasteiger partial charge on any atom is -0.388 e. The molecule has 6 nitrogen and oxygen atoms in total. The highest BCUT2D eigenvalue weighted by Crippen LogP contribution is 2.22. The third kappa shape index (κ3) is 2.38. The first-order chi connectivity index (χ1) is 8.49. The molecule has 0 aliphatic rings. The molecular weight excluding hydrogens is 230 g/mol. The molecule has 0 aliphatic carbocycles. The fourth-order valence-electron chi connectivity index (χ4n) is 1.80. The van der Waals surface area contributed by atoms with E-state index in [1.54, 1.807) is 17.9 Å². The van der Waals surface area contributed by atoms with Gasteiger partial charge in [-0.05, 0) is 19.9 Å². The van der Waals surface area contributed by atoms with E-state index in [1.807, 2.05) is 16.9 Å². The third-order valence-corrected chi connectivity index (χ3v) is 2.97. The molecule has 0 saturated carbocycles. The number of aromatic nitrogens is 4. The van der Waals surface area contributed by atoms with Crippen LogP contribution in [0.2, 0.25) is 0 Å². The Morgan fingerprint density at radius 3 is 2.67 bits per heavy atom. The molecule has 0 fully saturated rings. The van der Waals surface area contributed by atoms with Crippen LogP contribution in [0.5, 0.6) is 0 Å². The van der Waals surface area contributed by atoms with Gasteiger partial charge in [-0.15, -0.1) is 0 Å². The summed E-state index contributed by atoms with van der Waals surface area (Å²) in [6, 6.07) is 2.23. The topological polar surface area (TPSA) is 81.9 Å². The van der Waals surface area contributed by atoms with Crippen molar-refractivity contribution in [2.45, 2.75) is 32.4 Å². The molecule has 2 aromatic heterocycles. The summed E-state index contributed by atoms with van der Waals surface area (Å²) in [6.07, 6.45) is 3.28. The zero-order chi connectivity index (χ0) is 13.3. The highest BCUT2D eigenvalue weighted by Gasteiger charge is 2.16. The number of rotatable bonds is 4. The fourth-order valence-corrected chi connectivity index (χ4v) is 1.80. The van der Waals surface area contributed by atoms with Crippen LogP contribution >= 0.6 is 0 Å². The van der Waals surface area contributed by atoms with Gasteiger partial charge in [-0.3, -0.25) is 9.36 Å². The number of aliphatic hydroxyl groups excluding tert-OH is 1. The molecule has 0 radical (unpaired) electrons. The van der Waals surface area contributed by atoms with E-state index in [0.717, 1.165) is 5.69 Å². The number of nitrogen functional groups attached to an aromatic ring is 1. The molecule has 3 N–H and O–H groups in total. The molecule has 6 heteroatoms. The molecule has 0 bridgehead atoms. The first kappa shape index (κ1) is 12.6. The van der Waals surface area contributed by atoms with Gasteiger partial charge in [-0.2, -0.15) is 10.2 Å². The number of aliphatic hydroxyl groups is 1. The Balaban J connectivity index is 2.11. The van der Waals surface area contributed by atoms with Crippen molar-refractivity contribution in [1.29, 1.82) is 0 Å². The smallest absolute Gasteiger partial charge is 0.127 e. The van der Waals surface area contributed by atoms with Gasteiger partial charge in [0.1, 0.15) is 5.82 Å². The largest absolute Gasteiger partial charge is 0.388 e. The van der Waals surface area contributed by atoms with Gasteiger partial charge in [0.2, 0.25) is 0 Å². The van der Waals surface area contributed by atoms with E-state index in [-0.39, 0.29) is 0 Å². The van der Waals surface area contributed by atoms with Crippen LogP contribution in [0.3, 0.4) is 0 Å². The monoisotopic (exact) mass is 249 g/mol. The summed E-state index contributed by atoms with van der Waals surface area (Å²) in [5, 5.41) is 18.6. The summed E-state index contributed by atoms with van der Waals surface area (Å²) in [5.41, 5.74) is 7.32. The van der Waals surface area contributed by atoms with Gasteiger partial charge in [0.25, 0.3) is 0 Å². The lowest BCUT2D eigenvalue weighted by Crippen LogP contribution is -2.07. The van der Waals surface area contributed by atoms with Gasteiger partial charge in [0, 0.05) is 31.3 Å². The molecule has 18 heavy (non-hydrogen) atoms. The predicted molar refractivity (Wildman–Crippen MR) is 68.9 cm³/mol. The van der Waals surface area contributed by atoms with Crippen molar-refractivity contribution < 1.29 is 5.11 Å². The second kappa shape index (κ2) is 4.81. The van der Waals surface area contributed by atoms with Gasteiger partial charge in [0.15, 0.2) is 0 Å². The number of nitrogens with zero attached hydrogens (tertiary/aromatic N) is 4. The lowest BCUT2D eigenvalue weighted by Gasteiger charge is -2.08. The van der Waals surface area contributed by atoms with Crippen LogP contribution in [0, 0.1) is 0 Å². The summed E-state index contributed by atoms with van der Waals surface area (Å²) in [4.78, 5) is 0. The minimum atomic E-state index is -0.672. The number of hydrogen-bond acceptors (Lipinski definition) is 4. The zero-order valence-electron chi connectivity index (χ0n) is 10.9. The lowest BCUT2D eigenvalue weighted by atomic mass is 10.1. The van der Waals surface area contributed by atoms with Crippen molar-refractivity contribution >= 4 is 5.82 Å². The maximum absolute atomic E-state index is 10.1. The van der Waals surface area contributed by atoms with E-state index in [9.17, 15) is 5.11 Å². The second-order valence-corrected chi connectivity index (χ2v) is 4.71. The Kier molecular flexibility index (Phi) is 3.38.